The summed E-state index contributed by atoms with van der Waals surface area (Å²) in [7, 11) is -0.239. The maximum Gasteiger partial charge on any atom is 0.491 e. The lowest BCUT2D eigenvalue weighted by atomic mass is 9.79. The third-order valence-electron chi connectivity index (χ3n) is 6.78. The van der Waals surface area contributed by atoms with Crippen molar-refractivity contribution < 1.29 is 23.7 Å². The summed E-state index contributed by atoms with van der Waals surface area (Å²) in [5.41, 5.74) is 5.71. The Kier molecular flexibility index (Phi) is 7.03. The number of nitrogens with zero attached hydrogens (tertiary/aromatic N) is 1. The van der Waals surface area contributed by atoms with Crippen LogP contribution in [0.3, 0.4) is 0 Å². The number of fused-ring (bicyclic) bond motifs is 1. The molecule has 1 heterocycles. The number of carbonyl (C=O) groups is 1. The number of furan rings is 1. The quantitative estimate of drug-likeness (QED) is 0.231. The molecule has 3 N–H and O–H groups in total. The highest BCUT2D eigenvalue weighted by molar-refractivity contribution is 7.99. The molecule has 0 saturated heterocycles. The summed E-state index contributed by atoms with van der Waals surface area (Å²) in [6, 6.07) is 16.4. The predicted octanol–water partition coefficient (Wildman–Crippen LogP) is 4.75. The SMILES string of the molecule is CNC(=O)c1c(-c2ccc(C)cc2)oc2cc(N(Cc3ccc(B(O)O)c(F)c3)SC)c(C3CC3)cc12. The summed E-state index contributed by atoms with van der Waals surface area (Å²) in [6.45, 7) is 2.41. The van der Waals surface area contributed by atoms with Crippen molar-refractivity contribution in [1.29, 1.82) is 0 Å². The van der Waals surface area contributed by atoms with E-state index in [-0.39, 0.29) is 11.4 Å². The molecule has 1 saturated carbocycles. The zero-order valence-corrected chi connectivity index (χ0v) is 21.7. The van der Waals surface area contributed by atoms with E-state index < -0.39 is 12.9 Å². The molecule has 1 aromatic heterocycles. The molecule has 4 aromatic rings. The molecule has 0 aliphatic heterocycles. The molecule has 37 heavy (non-hydrogen) atoms. The van der Waals surface area contributed by atoms with Gasteiger partial charge >= 0.3 is 7.12 Å². The topological polar surface area (TPSA) is 85.9 Å². The van der Waals surface area contributed by atoms with Gasteiger partial charge in [0.25, 0.3) is 5.91 Å². The molecule has 3 aromatic carbocycles. The second kappa shape index (κ2) is 10.2. The number of anilines is 1. The number of halogens is 1. The summed E-state index contributed by atoms with van der Waals surface area (Å²) in [6.07, 6.45) is 4.09. The zero-order valence-electron chi connectivity index (χ0n) is 20.9. The van der Waals surface area contributed by atoms with Crippen molar-refractivity contribution in [1.82, 2.24) is 5.32 Å². The number of hydrogen-bond acceptors (Lipinski definition) is 6. The number of hydrogen-bond donors (Lipinski definition) is 3. The molecule has 1 fully saturated rings. The Balaban J connectivity index is 1.62. The van der Waals surface area contributed by atoms with Crippen molar-refractivity contribution in [2.45, 2.75) is 32.2 Å². The fourth-order valence-corrected chi connectivity index (χ4v) is 5.27. The second-order valence-electron chi connectivity index (χ2n) is 9.38. The number of amides is 1. The van der Waals surface area contributed by atoms with Gasteiger partial charge in [-0.1, -0.05) is 53.9 Å². The number of benzene rings is 3. The van der Waals surface area contributed by atoms with Crippen LogP contribution in [0.1, 0.15) is 45.8 Å². The van der Waals surface area contributed by atoms with E-state index in [1.54, 1.807) is 13.1 Å². The summed E-state index contributed by atoms with van der Waals surface area (Å²) in [4.78, 5) is 13.0. The predicted molar refractivity (Wildman–Crippen MR) is 148 cm³/mol. The first-order chi connectivity index (χ1) is 17.8. The highest BCUT2D eigenvalue weighted by Gasteiger charge is 2.31. The molecule has 1 aliphatic carbocycles. The van der Waals surface area contributed by atoms with Crippen molar-refractivity contribution in [2.24, 2.45) is 0 Å². The lowest BCUT2D eigenvalue weighted by Crippen LogP contribution is -2.32. The van der Waals surface area contributed by atoms with Crippen molar-refractivity contribution in [3.63, 3.8) is 0 Å². The number of aryl methyl sites for hydroxylation is 1. The lowest BCUT2D eigenvalue weighted by molar-refractivity contribution is 0.0964. The van der Waals surface area contributed by atoms with Crippen LogP contribution in [0.15, 0.2) is 59.0 Å². The minimum absolute atomic E-state index is 0.152. The molecule has 0 atom stereocenters. The summed E-state index contributed by atoms with van der Waals surface area (Å²) in [5, 5.41) is 22.2. The van der Waals surface area contributed by atoms with Gasteiger partial charge in [0.2, 0.25) is 0 Å². The van der Waals surface area contributed by atoms with E-state index in [0.717, 1.165) is 40.6 Å². The smallest absolute Gasteiger partial charge is 0.455 e. The molecule has 190 valence electrons. The van der Waals surface area contributed by atoms with Gasteiger partial charge in [0.05, 0.1) is 17.8 Å². The Bertz CT molecular complexity index is 1470. The highest BCUT2D eigenvalue weighted by atomic mass is 32.2. The van der Waals surface area contributed by atoms with Gasteiger partial charge in [-0.25, -0.2) is 4.39 Å². The van der Waals surface area contributed by atoms with Crippen molar-refractivity contribution in [3.05, 3.63) is 82.7 Å². The van der Waals surface area contributed by atoms with Gasteiger partial charge in [0.15, 0.2) is 0 Å². The van der Waals surface area contributed by atoms with E-state index in [9.17, 15) is 19.2 Å². The maximum atomic E-state index is 14.4. The molecule has 6 nitrogen and oxygen atoms in total. The van der Waals surface area contributed by atoms with E-state index in [4.69, 9.17) is 4.42 Å². The van der Waals surface area contributed by atoms with Crippen molar-refractivity contribution in [2.75, 3.05) is 17.6 Å². The Labute approximate surface area is 219 Å². The average Bonchev–Trinajstić information content (AvgIpc) is 3.66. The van der Waals surface area contributed by atoms with E-state index in [0.29, 0.717) is 34.9 Å². The van der Waals surface area contributed by atoms with Gasteiger partial charge in [-0.15, -0.1) is 0 Å². The fourth-order valence-electron chi connectivity index (χ4n) is 4.64. The van der Waals surface area contributed by atoms with Crippen molar-refractivity contribution >= 4 is 47.1 Å². The lowest BCUT2D eigenvalue weighted by Gasteiger charge is -2.25. The number of nitrogens with one attached hydrogen (secondary N) is 1. The molecular formula is C28H28BFN2O4S. The Morgan fingerprint density at radius 2 is 1.89 bits per heavy atom. The Morgan fingerprint density at radius 1 is 1.16 bits per heavy atom. The van der Waals surface area contributed by atoms with Gasteiger partial charge < -0.3 is 24.1 Å². The minimum atomic E-state index is -1.86. The van der Waals surface area contributed by atoms with Crippen LogP contribution < -0.4 is 15.1 Å². The standard InChI is InChI=1S/C28H28BFN2O4S/c1-16-4-7-19(8-5-16)27-26(28(33)31-2)21-13-20(18-9-10-18)24(14-25(21)36-27)32(37-3)15-17-6-11-22(29(34)35)23(30)12-17/h4-8,11-14,18,34-35H,9-10,15H2,1-3H3,(H,31,33). The van der Waals surface area contributed by atoms with Crippen LogP contribution in [-0.4, -0.2) is 36.4 Å². The minimum Gasteiger partial charge on any atom is -0.455 e. The second-order valence-corrected chi connectivity index (χ2v) is 10.2. The third-order valence-corrected chi connectivity index (χ3v) is 7.55. The molecule has 0 spiro atoms. The van der Waals surface area contributed by atoms with Gasteiger partial charge in [-0.3, -0.25) is 4.79 Å². The van der Waals surface area contributed by atoms with Crippen LogP contribution in [0.2, 0.25) is 0 Å². The largest absolute Gasteiger partial charge is 0.491 e. The van der Waals surface area contributed by atoms with Crippen LogP contribution in [0.25, 0.3) is 22.3 Å². The Hall–Kier alpha value is -3.27. The molecule has 5 rings (SSSR count). The highest BCUT2D eigenvalue weighted by Crippen LogP contribution is 2.48. The molecular weight excluding hydrogens is 490 g/mol. The fraction of sp³-hybridized carbons (Fsp3) is 0.250. The van der Waals surface area contributed by atoms with Crippen molar-refractivity contribution in [3.8, 4) is 11.3 Å². The normalized spacial score (nSPS) is 13.1. The van der Waals surface area contributed by atoms with Gasteiger partial charge in [0, 0.05) is 35.8 Å². The van der Waals surface area contributed by atoms with Crippen LogP contribution >= 0.6 is 11.9 Å². The number of carbonyl (C=O) groups excluding carboxylic acids is 1. The summed E-state index contributed by atoms with van der Waals surface area (Å²) >= 11 is 1.51. The van der Waals surface area contributed by atoms with E-state index in [1.807, 2.05) is 43.5 Å². The third kappa shape index (κ3) is 4.99. The first-order valence-corrected chi connectivity index (χ1v) is 13.3. The van der Waals surface area contributed by atoms with Crippen LogP contribution in [0.4, 0.5) is 10.1 Å². The molecule has 0 radical (unpaired) electrons. The van der Waals surface area contributed by atoms with Gasteiger partial charge in [0.1, 0.15) is 17.2 Å². The van der Waals surface area contributed by atoms with Crippen LogP contribution in [-0.2, 0) is 6.54 Å². The van der Waals surface area contributed by atoms with E-state index in [2.05, 4.69) is 15.7 Å². The van der Waals surface area contributed by atoms with Crippen LogP contribution in [0, 0.1) is 12.7 Å². The monoisotopic (exact) mass is 518 g/mol. The Morgan fingerprint density at radius 3 is 2.49 bits per heavy atom. The van der Waals surface area contributed by atoms with Gasteiger partial charge in [-0.05, 0) is 48.9 Å². The average molecular weight is 518 g/mol. The molecule has 9 heteroatoms. The molecule has 0 unspecified atom stereocenters. The first kappa shape index (κ1) is 25.4. The summed E-state index contributed by atoms with van der Waals surface area (Å²) < 4.78 is 22.8. The van der Waals surface area contributed by atoms with E-state index in [1.165, 1.54) is 24.1 Å². The first-order valence-electron chi connectivity index (χ1n) is 12.2. The zero-order chi connectivity index (χ0) is 26.3. The molecule has 1 aliphatic rings. The maximum absolute atomic E-state index is 14.4. The summed E-state index contributed by atoms with van der Waals surface area (Å²) in [5.74, 6) is 0.0553. The molecule has 1 amide bonds. The number of rotatable bonds is 8. The molecule has 0 bridgehead atoms. The van der Waals surface area contributed by atoms with Gasteiger partial charge in [-0.2, -0.15) is 0 Å². The van der Waals surface area contributed by atoms with Crippen LogP contribution in [0.5, 0.6) is 0 Å². The van der Waals surface area contributed by atoms with E-state index >= 15 is 0 Å².